The van der Waals surface area contributed by atoms with Crippen LogP contribution >= 0.6 is 0 Å². The lowest BCUT2D eigenvalue weighted by molar-refractivity contribution is 0.0476. The number of piperidine rings is 1. The third-order valence-electron chi connectivity index (χ3n) is 5.87. The normalized spacial score (nSPS) is 21.4. The molecule has 2 aliphatic rings. The minimum absolute atomic E-state index is 0.115. The zero-order chi connectivity index (χ0) is 19.8. The molecule has 3 heterocycles. The molecule has 3 aromatic rings. The van der Waals surface area contributed by atoms with Crippen LogP contribution in [0, 0.1) is 6.92 Å². The van der Waals surface area contributed by atoms with Crippen molar-refractivity contribution >= 4 is 0 Å². The summed E-state index contributed by atoms with van der Waals surface area (Å²) in [4.78, 5) is 2.33. The zero-order valence-corrected chi connectivity index (χ0v) is 16.5. The molecule has 1 aromatic heterocycles. The van der Waals surface area contributed by atoms with Crippen LogP contribution in [0.1, 0.15) is 29.0 Å². The average molecular weight is 391 g/mol. The van der Waals surface area contributed by atoms with Crippen LogP contribution in [0.3, 0.4) is 0 Å². The van der Waals surface area contributed by atoms with Crippen LogP contribution in [-0.4, -0.2) is 45.8 Å². The van der Waals surface area contributed by atoms with E-state index in [9.17, 15) is 5.11 Å². The highest BCUT2D eigenvalue weighted by Crippen LogP contribution is 2.37. The van der Waals surface area contributed by atoms with E-state index in [4.69, 9.17) is 9.47 Å². The predicted molar refractivity (Wildman–Crippen MR) is 110 cm³/mol. The first kappa shape index (κ1) is 18.2. The Balaban J connectivity index is 1.31. The van der Waals surface area contributed by atoms with Gasteiger partial charge in [0.1, 0.15) is 0 Å². The highest BCUT2D eigenvalue weighted by Gasteiger charge is 2.30. The highest BCUT2D eigenvalue weighted by molar-refractivity contribution is 5.46. The third-order valence-corrected chi connectivity index (χ3v) is 5.87. The maximum Gasteiger partial charge on any atom is 0.231 e. The van der Waals surface area contributed by atoms with Crippen LogP contribution in [0.15, 0.2) is 54.9 Å². The van der Waals surface area contributed by atoms with E-state index in [1.165, 1.54) is 11.1 Å². The molecule has 2 atom stereocenters. The van der Waals surface area contributed by atoms with Crippen molar-refractivity contribution in [2.24, 2.45) is 0 Å². The number of benzene rings is 2. The van der Waals surface area contributed by atoms with Gasteiger partial charge in [-0.15, -0.1) is 0 Å². The largest absolute Gasteiger partial charge is 0.454 e. The minimum atomic E-state index is -0.415. The Morgan fingerprint density at radius 3 is 2.86 bits per heavy atom. The Morgan fingerprint density at radius 2 is 2.03 bits per heavy atom. The van der Waals surface area contributed by atoms with Crippen molar-refractivity contribution in [1.82, 2.24) is 14.7 Å². The number of hydrogen-bond acceptors (Lipinski definition) is 5. The molecule has 0 unspecified atom stereocenters. The van der Waals surface area contributed by atoms with Crippen molar-refractivity contribution in [3.63, 3.8) is 0 Å². The quantitative estimate of drug-likeness (QED) is 0.740. The Morgan fingerprint density at radius 1 is 1.14 bits per heavy atom. The fourth-order valence-corrected chi connectivity index (χ4v) is 4.39. The van der Waals surface area contributed by atoms with Crippen LogP contribution in [0.25, 0.3) is 5.69 Å². The number of aliphatic hydroxyl groups excluding tert-OH is 1. The van der Waals surface area contributed by atoms with Gasteiger partial charge in [-0.05, 0) is 55.3 Å². The lowest BCUT2D eigenvalue weighted by atomic mass is 9.86. The van der Waals surface area contributed by atoms with Crippen molar-refractivity contribution in [1.29, 1.82) is 0 Å². The summed E-state index contributed by atoms with van der Waals surface area (Å²) in [6.45, 7) is 4.75. The summed E-state index contributed by atoms with van der Waals surface area (Å²) < 4.78 is 12.8. The van der Waals surface area contributed by atoms with Gasteiger partial charge >= 0.3 is 0 Å². The Labute approximate surface area is 170 Å². The second-order valence-corrected chi connectivity index (χ2v) is 7.89. The molecule has 0 amide bonds. The van der Waals surface area contributed by atoms with Gasteiger partial charge in [0.15, 0.2) is 11.5 Å². The molecule has 0 saturated carbocycles. The van der Waals surface area contributed by atoms with Crippen molar-refractivity contribution in [3.8, 4) is 17.2 Å². The van der Waals surface area contributed by atoms with Gasteiger partial charge in [0.2, 0.25) is 6.79 Å². The SMILES string of the molecule is Cc1ccc(-n2cccn2)c(CN2CC[C@@H](c3ccc4c(c3)OCO4)[C@H](O)C2)c1. The summed E-state index contributed by atoms with van der Waals surface area (Å²) in [5, 5.41) is 15.3. The molecule has 2 aliphatic heterocycles. The van der Waals surface area contributed by atoms with Gasteiger partial charge in [-0.2, -0.15) is 5.10 Å². The lowest BCUT2D eigenvalue weighted by Crippen LogP contribution is -2.42. The van der Waals surface area contributed by atoms with Gasteiger partial charge < -0.3 is 14.6 Å². The molecule has 5 rings (SSSR count). The summed E-state index contributed by atoms with van der Waals surface area (Å²) in [6, 6.07) is 14.4. The summed E-state index contributed by atoms with van der Waals surface area (Å²) in [5.41, 5.74) is 4.66. The Hall–Kier alpha value is -2.83. The number of rotatable bonds is 4. The van der Waals surface area contributed by atoms with Crippen LogP contribution in [-0.2, 0) is 6.54 Å². The molecule has 0 aliphatic carbocycles. The summed E-state index contributed by atoms with van der Waals surface area (Å²) in [6.07, 6.45) is 4.25. The maximum atomic E-state index is 10.9. The van der Waals surface area contributed by atoms with E-state index in [0.717, 1.165) is 42.3 Å². The molecule has 1 saturated heterocycles. The zero-order valence-electron chi connectivity index (χ0n) is 16.5. The van der Waals surface area contributed by atoms with E-state index >= 15 is 0 Å². The van der Waals surface area contributed by atoms with Gasteiger partial charge in [0.25, 0.3) is 0 Å². The number of aliphatic hydroxyl groups is 1. The Bertz CT molecular complexity index is 1000. The predicted octanol–water partition coefficient (Wildman–Crippen LogP) is 3.26. The van der Waals surface area contributed by atoms with E-state index in [1.807, 2.05) is 35.1 Å². The molecule has 2 aromatic carbocycles. The fraction of sp³-hybridized carbons (Fsp3) is 0.348. The molecule has 0 radical (unpaired) electrons. The molecule has 1 N–H and O–H groups in total. The van der Waals surface area contributed by atoms with E-state index in [0.29, 0.717) is 6.54 Å². The van der Waals surface area contributed by atoms with E-state index in [-0.39, 0.29) is 12.7 Å². The smallest absolute Gasteiger partial charge is 0.231 e. The summed E-state index contributed by atoms with van der Waals surface area (Å²) in [7, 11) is 0. The van der Waals surface area contributed by atoms with Crippen molar-refractivity contribution in [2.75, 3.05) is 19.9 Å². The lowest BCUT2D eigenvalue weighted by Gasteiger charge is -2.36. The number of fused-ring (bicyclic) bond motifs is 1. The van der Waals surface area contributed by atoms with Crippen LogP contribution in [0.5, 0.6) is 11.5 Å². The fourth-order valence-electron chi connectivity index (χ4n) is 4.39. The molecule has 150 valence electrons. The molecule has 6 heteroatoms. The molecule has 29 heavy (non-hydrogen) atoms. The maximum absolute atomic E-state index is 10.9. The third kappa shape index (κ3) is 3.61. The first-order chi connectivity index (χ1) is 14.2. The van der Waals surface area contributed by atoms with E-state index in [1.54, 1.807) is 6.20 Å². The number of likely N-dealkylation sites (tertiary alicyclic amines) is 1. The number of aromatic nitrogens is 2. The van der Waals surface area contributed by atoms with Crippen LogP contribution in [0.2, 0.25) is 0 Å². The first-order valence-electron chi connectivity index (χ1n) is 10.1. The van der Waals surface area contributed by atoms with Gasteiger partial charge in [-0.3, -0.25) is 4.90 Å². The van der Waals surface area contributed by atoms with E-state index < -0.39 is 6.10 Å². The van der Waals surface area contributed by atoms with Crippen molar-refractivity contribution < 1.29 is 14.6 Å². The molecule has 6 nitrogen and oxygen atoms in total. The molecule has 0 bridgehead atoms. The Kier molecular flexibility index (Phi) is 4.73. The average Bonchev–Trinajstić information content (AvgIpc) is 3.40. The molecular formula is C23H25N3O3. The van der Waals surface area contributed by atoms with Gasteiger partial charge in [0.05, 0.1) is 11.8 Å². The first-order valence-corrected chi connectivity index (χ1v) is 10.1. The number of β-amino-alcohol motifs (C(OH)–C–C–N with tert-alkyl or cyclic N) is 1. The van der Waals surface area contributed by atoms with E-state index in [2.05, 4.69) is 35.1 Å². The molecular weight excluding hydrogens is 366 g/mol. The van der Waals surface area contributed by atoms with Gasteiger partial charge in [-0.25, -0.2) is 4.68 Å². The number of hydrogen-bond donors (Lipinski definition) is 1. The second-order valence-electron chi connectivity index (χ2n) is 7.89. The number of ether oxygens (including phenoxy) is 2. The summed E-state index contributed by atoms with van der Waals surface area (Å²) >= 11 is 0. The van der Waals surface area contributed by atoms with Crippen molar-refractivity contribution in [2.45, 2.75) is 31.9 Å². The van der Waals surface area contributed by atoms with Crippen molar-refractivity contribution in [3.05, 3.63) is 71.5 Å². The highest BCUT2D eigenvalue weighted by atomic mass is 16.7. The number of nitrogens with zero attached hydrogens (tertiary/aromatic N) is 3. The number of aryl methyl sites for hydroxylation is 1. The van der Waals surface area contributed by atoms with Gasteiger partial charge in [-0.1, -0.05) is 23.8 Å². The monoisotopic (exact) mass is 391 g/mol. The topological polar surface area (TPSA) is 59.8 Å². The summed E-state index contributed by atoms with van der Waals surface area (Å²) in [5.74, 6) is 1.68. The molecule has 1 fully saturated rings. The second kappa shape index (κ2) is 7.54. The molecule has 0 spiro atoms. The van der Waals surface area contributed by atoms with Crippen LogP contribution in [0.4, 0.5) is 0 Å². The van der Waals surface area contributed by atoms with Gasteiger partial charge in [0, 0.05) is 31.4 Å². The minimum Gasteiger partial charge on any atom is -0.454 e. The van der Waals surface area contributed by atoms with Crippen LogP contribution < -0.4 is 9.47 Å². The standard InChI is InChI=1S/C23H25N3O3/c1-16-3-5-20(26-9-2-8-24-26)18(11-16)13-25-10-7-19(21(27)14-25)17-4-6-22-23(12-17)29-15-28-22/h2-6,8-9,11-12,19,21,27H,7,10,13-15H2,1H3/t19-,21+/m0/s1.